The number of carbonyl (C=O) groups is 1. The molecule has 0 saturated carbocycles. The predicted molar refractivity (Wildman–Crippen MR) is 118 cm³/mol. The summed E-state index contributed by atoms with van der Waals surface area (Å²) in [6.07, 6.45) is 6.90. The summed E-state index contributed by atoms with van der Waals surface area (Å²) in [5, 5.41) is 7.17. The fourth-order valence-electron chi connectivity index (χ4n) is 4.23. The minimum Gasteiger partial charge on any atom is -0.366 e. The van der Waals surface area contributed by atoms with Crippen molar-refractivity contribution in [3.8, 4) is 0 Å². The van der Waals surface area contributed by atoms with Crippen LogP contribution < -0.4 is 16.4 Å². The molecule has 150 valence electrons. The van der Waals surface area contributed by atoms with E-state index in [2.05, 4.69) is 34.9 Å². The van der Waals surface area contributed by atoms with Crippen molar-refractivity contribution in [2.75, 3.05) is 0 Å². The second-order valence-electron chi connectivity index (χ2n) is 7.62. The second kappa shape index (κ2) is 7.22. The van der Waals surface area contributed by atoms with Gasteiger partial charge in [0.05, 0.1) is 23.3 Å². The molecule has 2 aliphatic rings. The van der Waals surface area contributed by atoms with Crippen molar-refractivity contribution in [2.24, 2.45) is 10.7 Å². The zero-order valence-corrected chi connectivity index (χ0v) is 16.7. The molecule has 1 aliphatic heterocycles. The van der Waals surface area contributed by atoms with Crippen molar-refractivity contribution >= 4 is 17.3 Å². The van der Waals surface area contributed by atoms with Gasteiger partial charge in [-0.1, -0.05) is 36.4 Å². The first-order valence-corrected chi connectivity index (χ1v) is 10.0. The molecule has 2 aromatic heterocycles. The van der Waals surface area contributed by atoms with E-state index in [1.807, 2.05) is 47.9 Å². The lowest BCUT2D eigenvalue weighted by molar-refractivity contribution is 0.100. The van der Waals surface area contributed by atoms with E-state index in [9.17, 15) is 4.79 Å². The molecule has 6 nitrogen and oxygen atoms in total. The molecule has 1 unspecified atom stereocenters. The maximum Gasteiger partial charge on any atom is 0.250 e. The van der Waals surface area contributed by atoms with Gasteiger partial charge in [0.2, 0.25) is 0 Å². The molecule has 3 heterocycles. The molecule has 5 rings (SSSR count). The number of aliphatic imine (C=N–C) groups is 1. The zero-order chi connectivity index (χ0) is 20.7. The predicted octanol–water partition coefficient (Wildman–Crippen LogP) is 3.35. The average Bonchev–Trinajstić information content (AvgIpc) is 3.35. The van der Waals surface area contributed by atoms with Gasteiger partial charge in [0, 0.05) is 17.5 Å². The first-order valence-electron chi connectivity index (χ1n) is 10.0. The average molecular weight is 397 g/mol. The smallest absolute Gasteiger partial charge is 0.250 e. The van der Waals surface area contributed by atoms with E-state index in [0.717, 1.165) is 34.7 Å². The molecular weight excluding hydrogens is 374 g/mol. The molecule has 30 heavy (non-hydrogen) atoms. The number of hydrogen-bond acceptors (Lipinski definition) is 3. The van der Waals surface area contributed by atoms with E-state index in [-0.39, 0.29) is 6.17 Å². The molecule has 1 aromatic carbocycles. The van der Waals surface area contributed by atoms with Gasteiger partial charge in [-0.15, -0.1) is 0 Å². The van der Waals surface area contributed by atoms with Gasteiger partial charge in [-0.25, -0.2) is 0 Å². The minimum absolute atomic E-state index is 0.174. The highest BCUT2D eigenvalue weighted by molar-refractivity contribution is 6.02. The summed E-state index contributed by atoms with van der Waals surface area (Å²) in [6, 6.07) is 15.9. The number of nitrogens with zero attached hydrogens (tertiary/aromatic N) is 2. The van der Waals surface area contributed by atoms with Crippen LogP contribution in [0.15, 0.2) is 83.1 Å². The highest BCUT2D eigenvalue weighted by atomic mass is 16.1. The summed E-state index contributed by atoms with van der Waals surface area (Å²) < 4.78 is 2.03. The van der Waals surface area contributed by atoms with Crippen LogP contribution in [0.3, 0.4) is 0 Å². The van der Waals surface area contributed by atoms with E-state index in [4.69, 9.17) is 10.7 Å². The number of hydrogen-bond donors (Lipinski definition) is 3. The van der Waals surface area contributed by atoms with Crippen LogP contribution in [-0.4, -0.2) is 16.1 Å². The SMILES string of the molecule is Cc1cc2c(C(N)=O)cccn2c1C1NC(=NCc2ccccc2)C2=C(C=CC2)N1. The Morgan fingerprint density at radius 3 is 2.83 bits per heavy atom. The molecule has 0 spiro atoms. The number of nitrogens with one attached hydrogen (secondary N) is 2. The van der Waals surface area contributed by atoms with E-state index < -0.39 is 5.91 Å². The Morgan fingerprint density at radius 2 is 2.03 bits per heavy atom. The molecule has 6 heteroatoms. The molecule has 0 radical (unpaired) electrons. The van der Waals surface area contributed by atoms with Crippen molar-refractivity contribution in [1.29, 1.82) is 0 Å². The quantitative estimate of drug-likeness (QED) is 0.631. The number of amidine groups is 1. The molecule has 1 aliphatic carbocycles. The summed E-state index contributed by atoms with van der Waals surface area (Å²) >= 11 is 0. The molecule has 1 amide bonds. The molecule has 0 saturated heterocycles. The van der Waals surface area contributed by atoms with Crippen LogP contribution in [0.2, 0.25) is 0 Å². The van der Waals surface area contributed by atoms with Crippen molar-refractivity contribution in [2.45, 2.75) is 26.1 Å². The lowest BCUT2D eigenvalue weighted by atomic mass is 10.1. The van der Waals surface area contributed by atoms with Gasteiger partial charge in [-0.2, -0.15) is 0 Å². The third-order valence-corrected chi connectivity index (χ3v) is 5.65. The van der Waals surface area contributed by atoms with Gasteiger partial charge in [-0.3, -0.25) is 9.79 Å². The summed E-state index contributed by atoms with van der Waals surface area (Å²) in [4.78, 5) is 16.8. The number of primary amides is 1. The Hall–Kier alpha value is -3.80. The summed E-state index contributed by atoms with van der Waals surface area (Å²) in [5.74, 6) is 0.478. The van der Waals surface area contributed by atoms with Gasteiger partial charge in [-0.05, 0) is 48.7 Å². The number of fused-ring (bicyclic) bond motifs is 1. The van der Waals surface area contributed by atoms with Gasteiger partial charge >= 0.3 is 0 Å². The second-order valence-corrected chi connectivity index (χ2v) is 7.62. The number of pyridine rings is 1. The van der Waals surface area contributed by atoms with Crippen LogP contribution in [0.5, 0.6) is 0 Å². The van der Waals surface area contributed by atoms with Crippen LogP contribution >= 0.6 is 0 Å². The molecular formula is C24H23N5O. The number of benzene rings is 1. The van der Waals surface area contributed by atoms with Crippen LogP contribution in [0.1, 0.15) is 39.8 Å². The van der Waals surface area contributed by atoms with E-state index in [0.29, 0.717) is 12.1 Å². The Bertz CT molecular complexity index is 1230. The maximum atomic E-state index is 11.9. The number of aromatic nitrogens is 1. The van der Waals surface area contributed by atoms with Crippen molar-refractivity contribution in [3.05, 3.63) is 101 Å². The van der Waals surface area contributed by atoms with Crippen molar-refractivity contribution in [1.82, 2.24) is 15.0 Å². The number of allylic oxidation sites excluding steroid dienone is 2. The lowest BCUT2D eigenvalue weighted by Crippen LogP contribution is -2.44. The summed E-state index contributed by atoms with van der Waals surface area (Å²) in [5.41, 5.74) is 12.5. The monoisotopic (exact) mass is 397 g/mol. The minimum atomic E-state index is -0.428. The maximum absolute atomic E-state index is 11.9. The van der Waals surface area contributed by atoms with E-state index in [1.54, 1.807) is 6.07 Å². The fourth-order valence-corrected chi connectivity index (χ4v) is 4.23. The Balaban J connectivity index is 1.55. The van der Waals surface area contributed by atoms with E-state index in [1.165, 1.54) is 11.1 Å². The lowest BCUT2D eigenvalue weighted by Gasteiger charge is -2.30. The fraction of sp³-hybridized carbons (Fsp3) is 0.167. The normalized spacial score (nSPS) is 19.1. The Labute approximate surface area is 174 Å². The highest BCUT2D eigenvalue weighted by Crippen LogP contribution is 2.30. The first kappa shape index (κ1) is 18.2. The van der Waals surface area contributed by atoms with Gasteiger partial charge < -0.3 is 20.8 Å². The van der Waals surface area contributed by atoms with Crippen molar-refractivity contribution < 1.29 is 4.79 Å². The highest BCUT2D eigenvalue weighted by Gasteiger charge is 2.29. The Morgan fingerprint density at radius 1 is 1.20 bits per heavy atom. The number of nitrogens with two attached hydrogens (primary N) is 1. The van der Waals surface area contributed by atoms with Gasteiger partial charge in [0.25, 0.3) is 5.91 Å². The molecule has 4 N–H and O–H groups in total. The summed E-state index contributed by atoms with van der Waals surface area (Å²) in [7, 11) is 0. The number of rotatable bonds is 4. The Kier molecular flexibility index (Phi) is 4.39. The molecule has 1 atom stereocenters. The van der Waals surface area contributed by atoms with Crippen LogP contribution in [0.25, 0.3) is 5.52 Å². The van der Waals surface area contributed by atoms with Crippen molar-refractivity contribution in [3.63, 3.8) is 0 Å². The molecule has 0 fully saturated rings. The van der Waals surface area contributed by atoms with Crippen LogP contribution in [0, 0.1) is 6.92 Å². The number of carbonyl (C=O) groups excluding carboxylic acids is 1. The molecule has 0 bridgehead atoms. The van der Waals surface area contributed by atoms with Gasteiger partial charge in [0.15, 0.2) is 0 Å². The third-order valence-electron chi connectivity index (χ3n) is 5.65. The number of amides is 1. The van der Waals surface area contributed by atoms with Gasteiger partial charge in [0.1, 0.15) is 12.0 Å². The molecule has 3 aromatic rings. The van der Waals surface area contributed by atoms with Crippen LogP contribution in [-0.2, 0) is 6.54 Å². The largest absolute Gasteiger partial charge is 0.366 e. The number of aryl methyl sites for hydroxylation is 1. The topological polar surface area (TPSA) is 83.9 Å². The standard InChI is InChI=1S/C24H23N5O/c1-15-13-20-18(22(25)30)10-6-12-29(20)21(15)24-27-19-11-5-9-17(19)23(28-24)26-14-16-7-3-2-4-8-16/h2-8,10-13,24,27H,9,14H2,1H3,(H2,25,30)(H,26,28). The van der Waals surface area contributed by atoms with Crippen LogP contribution in [0.4, 0.5) is 0 Å². The third kappa shape index (κ3) is 3.06. The van der Waals surface area contributed by atoms with E-state index >= 15 is 0 Å². The first-order chi connectivity index (χ1) is 14.6. The zero-order valence-electron chi connectivity index (χ0n) is 16.7. The summed E-state index contributed by atoms with van der Waals surface area (Å²) in [6.45, 7) is 2.66.